The Labute approximate surface area is 159 Å². The van der Waals surface area contributed by atoms with Gasteiger partial charge in [-0.2, -0.15) is 0 Å². The highest BCUT2D eigenvalue weighted by atomic mass is 32.2. The van der Waals surface area contributed by atoms with Gasteiger partial charge < -0.3 is 10.2 Å². The second-order valence-corrected chi connectivity index (χ2v) is 7.65. The SMILES string of the molecule is CCN(CC)C(=O)c1ccccc1NC(=O)c1ccccc1NS(C)(=O)=O. The summed E-state index contributed by atoms with van der Waals surface area (Å²) in [4.78, 5) is 27.1. The molecule has 8 heteroatoms. The maximum atomic E-state index is 12.7. The van der Waals surface area contributed by atoms with E-state index >= 15 is 0 Å². The van der Waals surface area contributed by atoms with Crippen LogP contribution in [0, 0.1) is 0 Å². The second kappa shape index (κ2) is 8.68. The monoisotopic (exact) mass is 389 g/mol. The van der Waals surface area contributed by atoms with Crippen LogP contribution < -0.4 is 10.0 Å². The van der Waals surface area contributed by atoms with Crippen molar-refractivity contribution in [2.24, 2.45) is 0 Å². The maximum Gasteiger partial charge on any atom is 0.257 e. The Morgan fingerprint density at radius 2 is 1.41 bits per heavy atom. The van der Waals surface area contributed by atoms with Gasteiger partial charge in [-0.05, 0) is 38.1 Å². The summed E-state index contributed by atoms with van der Waals surface area (Å²) in [5.74, 6) is -0.694. The standard InChI is InChI=1S/C19H23N3O4S/c1-4-22(5-2)19(24)15-11-7-8-12-16(15)20-18(23)14-10-6-9-13-17(14)21-27(3,25)26/h6-13,21H,4-5H2,1-3H3,(H,20,23). The fourth-order valence-electron chi connectivity index (χ4n) is 2.62. The third-order valence-electron chi connectivity index (χ3n) is 3.92. The summed E-state index contributed by atoms with van der Waals surface area (Å²) in [5, 5.41) is 2.72. The molecule has 0 fully saturated rings. The number of anilines is 2. The van der Waals surface area contributed by atoms with Crippen LogP contribution in [-0.4, -0.2) is 44.5 Å². The number of rotatable bonds is 7. The molecule has 0 aliphatic heterocycles. The summed E-state index contributed by atoms with van der Waals surface area (Å²) in [5.41, 5.74) is 1.08. The van der Waals surface area contributed by atoms with E-state index in [4.69, 9.17) is 0 Å². The summed E-state index contributed by atoms with van der Waals surface area (Å²) < 4.78 is 25.4. The maximum absolute atomic E-state index is 12.7. The van der Waals surface area contributed by atoms with Crippen LogP contribution in [0.2, 0.25) is 0 Å². The lowest BCUT2D eigenvalue weighted by Crippen LogP contribution is -2.31. The molecule has 0 saturated carbocycles. The lowest BCUT2D eigenvalue weighted by atomic mass is 10.1. The fourth-order valence-corrected chi connectivity index (χ4v) is 3.20. The number of hydrogen-bond donors (Lipinski definition) is 2. The zero-order chi connectivity index (χ0) is 20.0. The third-order valence-corrected chi connectivity index (χ3v) is 4.51. The van der Waals surface area contributed by atoms with Crippen molar-refractivity contribution in [3.8, 4) is 0 Å². The van der Waals surface area contributed by atoms with Gasteiger partial charge in [0, 0.05) is 13.1 Å². The summed E-state index contributed by atoms with van der Waals surface area (Å²) in [6.07, 6.45) is 1.01. The lowest BCUT2D eigenvalue weighted by molar-refractivity contribution is 0.0774. The molecule has 144 valence electrons. The number of amides is 2. The molecule has 0 saturated heterocycles. The van der Waals surface area contributed by atoms with Gasteiger partial charge in [0.05, 0.1) is 28.8 Å². The highest BCUT2D eigenvalue weighted by Crippen LogP contribution is 2.21. The van der Waals surface area contributed by atoms with Crippen molar-refractivity contribution in [3.05, 3.63) is 59.7 Å². The Morgan fingerprint density at radius 1 is 0.889 bits per heavy atom. The minimum absolute atomic E-state index is 0.160. The van der Waals surface area contributed by atoms with E-state index in [-0.39, 0.29) is 17.2 Å². The first-order valence-electron chi connectivity index (χ1n) is 8.53. The molecule has 2 amide bonds. The van der Waals surface area contributed by atoms with Crippen molar-refractivity contribution in [3.63, 3.8) is 0 Å². The number of hydrogen-bond acceptors (Lipinski definition) is 4. The van der Waals surface area contributed by atoms with Crippen LogP contribution in [0.3, 0.4) is 0 Å². The quantitative estimate of drug-likeness (QED) is 0.761. The highest BCUT2D eigenvalue weighted by Gasteiger charge is 2.19. The molecule has 2 rings (SSSR count). The Morgan fingerprint density at radius 3 is 1.96 bits per heavy atom. The molecule has 27 heavy (non-hydrogen) atoms. The molecule has 2 aromatic carbocycles. The summed E-state index contributed by atoms with van der Waals surface area (Å²) in [7, 11) is -3.54. The number of nitrogens with zero attached hydrogens (tertiary/aromatic N) is 1. The largest absolute Gasteiger partial charge is 0.339 e. The molecule has 0 heterocycles. The van der Waals surface area contributed by atoms with Gasteiger partial charge in [0.1, 0.15) is 0 Å². The van der Waals surface area contributed by atoms with Crippen molar-refractivity contribution < 1.29 is 18.0 Å². The Balaban J connectivity index is 2.34. The van der Waals surface area contributed by atoms with Gasteiger partial charge in [-0.15, -0.1) is 0 Å². The van der Waals surface area contributed by atoms with E-state index in [1.807, 2.05) is 13.8 Å². The zero-order valence-corrected chi connectivity index (χ0v) is 16.3. The summed E-state index contributed by atoms with van der Waals surface area (Å²) in [6, 6.07) is 13.0. The van der Waals surface area contributed by atoms with Crippen LogP contribution in [0.5, 0.6) is 0 Å². The number of sulfonamides is 1. The molecule has 0 aliphatic rings. The Kier molecular flexibility index (Phi) is 6.57. The van der Waals surface area contributed by atoms with E-state index in [0.29, 0.717) is 24.3 Å². The predicted molar refractivity (Wildman–Crippen MR) is 107 cm³/mol. The molecule has 2 N–H and O–H groups in total. The Bertz CT molecular complexity index is 937. The van der Waals surface area contributed by atoms with Gasteiger partial charge in [0.2, 0.25) is 10.0 Å². The zero-order valence-electron chi connectivity index (χ0n) is 15.5. The molecule has 0 radical (unpaired) electrons. The van der Waals surface area contributed by atoms with Gasteiger partial charge >= 0.3 is 0 Å². The minimum atomic E-state index is -3.54. The highest BCUT2D eigenvalue weighted by molar-refractivity contribution is 7.92. The van der Waals surface area contributed by atoms with Crippen LogP contribution >= 0.6 is 0 Å². The number of nitrogens with one attached hydrogen (secondary N) is 2. The molecule has 2 aromatic rings. The average Bonchev–Trinajstić information content (AvgIpc) is 2.62. The van der Waals surface area contributed by atoms with Crippen LogP contribution in [0.25, 0.3) is 0 Å². The number of para-hydroxylation sites is 2. The van der Waals surface area contributed by atoms with Crippen LogP contribution in [0.1, 0.15) is 34.6 Å². The third kappa shape index (κ3) is 5.30. The van der Waals surface area contributed by atoms with E-state index in [2.05, 4.69) is 10.0 Å². The molecule has 7 nitrogen and oxygen atoms in total. The van der Waals surface area contributed by atoms with Crippen molar-refractivity contribution >= 4 is 33.2 Å². The first-order chi connectivity index (χ1) is 12.8. The first-order valence-corrected chi connectivity index (χ1v) is 10.4. The summed E-state index contributed by atoms with van der Waals surface area (Å²) in [6.45, 7) is 4.88. The van der Waals surface area contributed by atoms with E-state index in [1.165, 1.54) is 12.1 Å². The van der Waals surface area contributed by atoms with Crippen LogP contribution in [0.15, 0.2) is 48.5 Å². The second-order valence-electron chi connectivity index (χ2n) is 5.90. The van der Waals surface area contributed by atoms with Gasteiger partial charge in [-0.25, -0.2) is 8.42 Å². The molecule has 0 spiro atoms. The molecule has 0 aromatic heterocycles. The topological polar surface area (TPSA) is 95.6 Å². The minimum Gasteiger partial charge on any atom is -0.339 e. The van der Waals surface area contributed by atoms with Crippen molar-refractivity contribution in [2.45, 2.75) is 13.8 Å². The van der Waals surface area contributed by atoms with E-state index in [9.17, 15) is 18.0 Å². The molecular formula is C19H23N3O4S. The van der Waals surface area contributed by atoms with Crippen molar-refractivity contribution in [1.82, 2.24) is 4.90 Å². The Hall–Kier alpha value is -2.87. The number of benzene rings is 2. The van der Waals surface area contributed by atoms with Crippen LogP contribution in [-0.2, 0) is 10.0 Å². The number of carbonyl (C=O) groups is 2. The van der Waals surface area contributed by atoms with E-state index < -0.39 is 15.9 Å². The van der Waals surface area contributed by atoms with Gasteiger partial charge in [0.15, 0.2) is 0 Å². The smallest absolute Gasteiger partial charge is 0.257 e. The average molecular weight is 389 g/mol. The van der Waals surface area contributed by atoms with Crippen molar-refractivity contribution in [2.75, 3.05) is 29.4 Å². The molecular weight excluding hydrogens is 366 g/mol. The summed E-state index contributed by atoms with van der Waals surface area (Å²) >= 11 is 0. The normalized spacial score (nSPS) is 10.9. The van der Waals surface area contributed by atoms with Gasteiger partial charge in [-0.1, -0.05) is 24.3 Å². The first kappa shape index (κ1) is 20.4. The van der Waals surface area contributed by atoms with Gasteiger partial charge in [0.25, 0.3) is 11.8 Å². The van der Waals surface area contributed by atoms with Gasteiger partial charge in [-0.3, -0.25) is 14.3 Å². The fraction of sp³-hybridized carbons (Fsp3) is 0.263. The van der Waals surface area contributed by atoms with E-state index in [1.54, 1.807) is 41.3 Å². The lowest BCUT2D eigenvalue weighted by Gasteiger charge is -2.20. The van der Waals surface area contributed by atoms with Crippen molar-refractivity contribution in [1.29, 1.82) is 0 Å². The molecule has 0 bridgehead atoms. The molecule has 0 unspecified atom stereocenters. The number of carbonyl (C=O) groups excluding carboxylic acids is 2. The molecule has 0 aliphatic carbocycles. The van der Waals surface area contributed by atoms with Crippen LogP contribution in [0.4, 0.5) is 11.4 Å². The predicted octanol–water partition coefficient (Wildman–Crippen LogP) is 2.79. The van der Waals surface area contributed by atoms with E-state index in [0.717, 1.165) is 6.26 Å². The molecule has 0 atom stereocenters.